The van der Waals surface area contributed by atoms with E-state index in [0.717, 1.165) is 11.3 Å². The van der Waals surface area contributed by atoms with Crippen LogP contribution in [0.4, 0.5) is 10.7 Å². The van der Waals surface area contributed by atoms with Crippen LogP contribution in [0.3, 0.4) is 0 Å². The fraction of sp³-hybridized carbons (Fsp3) is 0.150. The van der Waals surface area contributed by atoms with Gasteiger partial charge in [-0.15, -0.1) is 11.3 Å². The lowest BCUT2D eigenvalue weighted by Gasteiger charge is -2.18. The SMILES string of the molecule is O=C(COC(=O)c1ccc(NC(=O)c2ccco2)s1)Nc1ccc2c(c1)OCCO2. The summed E-state index contributed by atoms with van der Waals surface area (Å²) in [6.45, 7) is 0.456. The van der Waals surface area contributed by atoms with Crippen LogP contribution in [0, 0.1) is 0 Å². The van der Waals surface area contributed by atoms with E-state index >= 15 is 0 Å². The van der Waals surface area contributed by atoms with Gasteiger partial charge in [0.2, 0.25) is 0 Å². The molecule has 0 atom stereocenters. The van der Waals surface area contributed by atoms with Gasteiger partial charge in [-0.2, -0.15) is 0 Å². The van der Waals surface area contributed by atoms with E-state index in [1.165, 1.54) is 18.4 Å². The molecule has 0 saturated heterocycles. The van der Waals surface area contributed by atoms with Crippen LogP contribution in [-0.2, 0) is 9.53 Å². The van der Waals surface area contributed by atoms with Gasteiger partial charge in [0.15, 0.2) is 23.9 Å². The zero-order chi connectivity index (χ0) is 20.9. The molecule has 3 heterocycles. The Balaban J connectivity index is 1.28. The molecular formula is C20H16N2O7S. The van der Waals surface area contributed by atoms with Gasteiger partial charge in [0, 0.05) is 11.8 Å². The van der Waals surface area contributed by atoms with Crippen LogP contribution in [0.2, 0.25) is 0 Å². The molecule has 3 aromatic rings. The number of anilines is 2. The molecule has 1 aliphatic heterocycles. The number of hydrogen-bond acceptors (Lipinski definition) is 8. The number of carbonyl (C=O) groups excluding carboxylic acids is 3. The van der Waals surface area contributed by atoms with Crippen LogP contribution in [0.1, 0.15) is 20.2 Å². The number of nitrogens with one attached hydrogen (secondary N) is 2. The molecule has 1 aromatic carbocycles. The van der Waals surface area contributed by atoms with Gasteiger partial charge >= 0.3 is 5.97 Å². The van der Waals surface area contributed by atoms with Crippen LogP contribution < -0.4 is 20.1 Å². The number of thiophene rings is 1. The lowest BCUT2D eigenvalue weighted by Crippen LogP contribution is -2.21. The van der Waals surface area contributed by atoms with Gasteiger partial charge < -0.3 is 29.3 Å². The second kappa shape index (κ2) is 8.70. The molecule has 4 rings (SSSR count). The van der Waals surface area contributed by atoms with E-state index in [0.29, 0.717) is 35.4 Å². The van der Waals surface area contributed by atoms with Gasteiger partial charge in [-0.05, 0) is 36.4 Å². The highest BCUT2D eigenvalue weighted by Gasteiger charge is 2.16. The Morgan fingerprint density at radius 2 is 1.83 bits per heavy atom. The zero-order valence-corrected chi connectivity index (χ0v) is 16.3. The predicted octanol–water partition coefficient (Wildman–Crippen LogP) is 3.16. The summed E-state index contributed by atoms with van der Waals surface area (Å²) in [6.07, 6.45) is 1.39. The van der Waals surface area contributed by atoms with Crippen molar-refractivity contribution in [2.75, 3.05) is 30.5 Å². The molecule has 0 fully saturated rings. The minimum atomic E-state index is -0.671. The first-order valence-electron chi connectivity index (χ1n) is 8.90. The van der Waals surface area contributed by atoms with Gasteiger partial charge in [-0.1, -0.05) is 0 Å². The number of benzene rings is 1. The maximum Gasteiger partial charge on any atom is 0.348 e. The molecule has 0 unspecified atom stereocenters. The van der Waals surface area contributed by atoms with Crippen LogP contribution in [0.25, 0.3) is 0 Å². The van der Waals surface area contributed by atoms with Crippen molar-refractivity contribution in [3.05, 3.63) is 59.4 Å². The second-order valence-electron chi connectivity index (χ2n) is 6.08. The minimum absolute atomic E-state index is 0.156. The maximum atomic E-state index is 12.2. The molecule has 1 aliphatic rings. The fourth-order valence-corrected chi connectivity index (χ4v) is 3.41. The summed E-state index contributed by atoms with van der Waals surface area (Å²) >= 11 is 1.03. The summed E-state index contributed by atoms with van der Waals surface area (Å²) in [7, 11) is 0. The number of carbonyl (C=O) groups is 3. The third kappa shape index (κ3) is 4.61. The molecule has 9 nitrogen and oxygen atoms in total. The number of rotatable bonds is 6. The largest absolute Gasteiger partial charge is 0.486 e. The third-order valence-electron chi connectivity index (χ3n) is 3.95. The Kier molecular flexibility index (Phi) is 5.66. The number of fused-ring (bicyclic) bond motifs is 1. The summed E-state index contributed by atoms with van der Waals surface area (Å²) in [5.41, 5.74) is 0.499. The Morgan fingerprint density at radius 1 is 1.00 bits per heavy atom. The lowest BCUT2D eigenvalue weighted by molar-refractivity contribution is -0.119. The van der Waals surface area contributed by atoms with Gasteiger partial charge in [0.05, 0.1) is 11.3 Å². The summed E-state index contributed by atoms with van der Waals surface area (Å²) < 4.78 is 20.9. The van der Waals surface area contributed by atoms with Gasteiger partial charge in [-0.25, -0.2) is 4.79 Å². The Hall–Kier alpha value is -3.79. The van der Waals surface area contributed by atoms with E-state index in [9.17, 15) is 14.4 Å². The fourth-order valence-electron chi connectivity index (χ4n) is 2.62. The van der Waals surface area contributed by atoms with E-state index in [4.69, 9.17) is 18.6 Å². The average Bonchev–Trinajstić information content (AvgIpc) is 3.44. The van der Waals surface area contributed by atoms with Crippen LogP contribution in [0.5, 0.6) is 11.5 Å². The Labute approximate surface area is 174 Å². The minimum Gasteiger partial charge on any atom is -0.486 e. The Morgan fingerprint density at radius 3 is 2.63 bits per heavy atom. The van der Waals surface area contributed by atoms with Crippen molar-refractivity contribution in [3.63, 3.8) is 0 Å². The van der Waals surface area contributed by atoms with Crippen molar-refractivity contribution in [1.82, 2.24) is 0 Å². The topological polar surface area (TPSA) is 116 Å². The first kappa shape index (κ1) is 19.5. The monoisotopic (exact) mass is 428 g/mol. The number of esters is 1. The van der Waals surface area contributed by atoms with E-state index in [2.05, 4.69) is 10.6 Å². The van der Waals surface area contributed by atoms with Crippen molar-refractivity contribution >= 4 is 39.8 Å². The summed E-state index contributed by atoms with van der Waals surface area (Å²) in [5, 5.41) is 5.70. The molecule has 2 amide bonds. The molecule has 0 aliphatic carbocycles. The van der Waals surface area contributed by atoms with E-state index in [1.807, 2.05) is 0 Å². The van der Waals surface area contributed by atoms with Crippen molar-refractivity contribution in [2.24, 2.45) is 0 Å². The smallest absolute Gasteiger partial charge is 0.348 e. The average molecular weight is 428 g/mol. The van der Waals surface area contributed by atoms with Gasteiger partial charge in [-0.3, -0.25) is 9.59 Å². The summed E-state index contributed by atoms with van der Waals surface area (Å²) in [6, 6.07) is 11.2. The molecule has 0 radical (unpaired) electrons. The molecule has 0 spiro atoms. The molecule has 30 heavy (non-hydrogen) atoms. The second-order valence-corrected chi connectivity index (χ2v) is 7.16. The highest BCUT2D eigenvalue weighted by atomic mass is 32.1. The maximum absolute atomic E-state index is 12.2. The predicted molar refractivity (Wildman–Crippen MR) is 107 cm³/mol. The zero-order valence-electron chi connectivity index (χ0n) is 15.5. The van der Waals surface area contributed by atoms with E-state index < -0.39 is 24.4 Å². The normalized spacial score (nSPS) is 12.1. The summed E-state index contributed by atoms with van der Waals surface area (Å²) in [5.74, 6) is -0.292. The molecule has 154 valence electrons. The molecular weight excluding hydrogens is 412 g/mol. The number of ether oxygens (including phenoxy) is 3. The van der Waals surface area contributed by atoms with Crippen LogP contribution in [-0.4, -0.2) is 37.6 Å². The quantitative estimate of drug-likeness (QED) is 0.579. The molecule has 0 saturated carbocycles. The molecule has 0 bridgehead atoms. The van der Waals surface area contributed by atoms with Crippen molar-refractivity contribution in [3.8, 4) is 11.5 Å². The van der Waals surface area contributed by atoms with Crippen LogP contribution >= 0.6 is 11.3 Å². The number of furan rings is 1. The van der Waals surface area contributed by atoms with Crippen molar-refractivity contribution in [2.45, 2.75) is 0 Å². The molecule has 2 N–H and O–H groups in total. The third-order valence-corrected chi connectivity index (χ3v) is 4.93. The van der Waals surface area contributed by atoms with Crippen molar-refractivity contribution < 1.29 is 33.0 Å². The number of amides is 2. The highest BCUT2D eigenvalue weighted by molar-refractivity contribution is 7.18. The Bertz CT molecular complexity index is 1070. The van der Waals surface area contributed by atoms with Crippen LogP contribution in [0.15, 0.2) is 53.1 Å². The first-order chi connectivity index (χ1) is 14.6. The molecule has 2 aromatic heterocycles. The van der Waals surface area contributed by atoms with E-state index in [-0.39, 0.29) is 10.6 Å². The van der Waals surface area contributed by atoms with Gasteiger partial charge in [0.1, 0.15) is 18.1 Å². The van der Waals surface area contributed by atoms with Crippen molar-refractivity contribution in [1.29, 1.82) is 0 Å². The molecule has 10 heteroatoms. The standard InChI is InChI=1S/C20H16N2O7S/c23-17(21-12-3-4-13-15(10-12)28-9-8-27-13)11-29-20(25)16-5-6-18(30-16)22-19(24)14-2-1-7-26-14/h1-7,10H,8-9,11H2,(H,21,23)(H,22,24). The van der Waals surface area contributed by atoms with E-state index in [1.54, 1.807) is 30.3 Å². The number of hydrogen-bond donors (Lipinski definition) is 2. The van der Waals surface area contributed by atoms with Gasteiger partial charge in [0.25, 0.3) is 11.8 Å². The lowest BCUT2D eigenvalue weighted by atomic mass is 10.2. The first-order valence-corrected chi connectivity index (χ1v) is 9.71. The highest BCUT2D eigenvalue weighted by Crippen LogP contribution is 2.32. The summed E-state index contributed by atoms with van der Waals surface area (Å²) in [4.78, 5) is 36.4.